The molecular weight excluding hydrogens is 292 g/mol. The Balaban J connectivity index is 1.39. The predicted octanol–water partition coefficient (Wildman–Crippen LogP) is 2.90. The average Bonchev–Trinajstić information content (AvgIpc) is 2.95. The van der Waals surface area contributed by atoms with Gasteiger partial charge in [-0.15, -0.1) is 0 Å². The van der Waals surface area contributed by atoms with E-state index in [0.29, 0.717) is 12.0 Å². The molecule has 1 spiro atoms. The SMILES string of the molecule is CC1=CC23SC(c4ccc(N5CCCC5)nc4)=NC2C3C=N1. The van der Waals surface area contributed by atoms with Crippen molar-refractivity contribution in [1.29, 1.82) is 0 Å². The van der Waals surface area contributed by atoms with Crippen LogP contribution >= 0.6 is 11.8 Å². The highest BCUT2D eigenvalue weighted by Crippen LogP contribution is 2.63. The predicted molar refractivity (Wildman–Crippen MR) is 92.1 cm³/mol. The van der Waals surface area contributed by atoms with Gasteiger partial charge in [0.25, 0.3) is 0 Å². The number of nitrogens with zero attached hydrogens (tertiary/aromatic N) is 4. The van der Waals surface area contributed by atoms with Gasteiger partial charge < -0.3 is 4.90 Å². The van der Waals surface area contributed by atoms with Crippen molar-refractivity contribution in [2.24, 2.45) is 15.9 Å². The van der Waals surface area contributed by atoms with E-state index in [0.717, 1.165) is 35.2 Å². The van der Waals surface area contributed by atoms with Crippen molar-refractivity contribution in [3.63, 3.8) is 0 Å². The van der Waals surface area contributed by atoms with Crippen molar-refractivity contribution < 1.29 is 0 Å². The van der Waals surface area contributed by atoms with E-state index in [-0.39, 0.29) is 4.75 Å². The second kappa shape index (κ2) is 4.44. The number of hydrogen-bond acceptors (Lipinski definition) is 5. The van der Waals surface area contributed by atoms with Crippen LogP contribution in [0.4, 0.5) is 5.82 Å². The van der Waals surface area contributed by atoms with Gasteiger partial charge in [-0.2, -0.15) is 0 Å². The minimum absolute atomic E-state index is 0.161. The third-order valence-corrected chi connectivity index (χ3v) is 6.56. The lowest BCUT2D eigenvalue weighted by Gasteiger charge is -2.17. The summed E-state index contributed by atoms with van der Waals surface area (Å²) in [6.45, 7) is 4.35. The number of aliphatic imine (C=N–C) groups is 2. The lowest BCUT2D eigenvalue weighted by atomic mass is 10.2. The molecule has 1 aliphatic carbocycles. The van der Waals surface area contributed by atoms with Gasteiger partial charge in [-0.25, -0.2) is 4.98 Å². The molecule has 3 unspecified atom stereocenters. The van der Waals surface area contributed by atoms with E-state index in [2.05, 4.69) is 46.2 Å². The van der Waals surface area contributed by atoms with Crippen LogP contribution in [0.1, 0.15) is 25.3 Å². The smallest absolute Gasteiger partial charge is 0.128 e. The van der Waals surface area contributed by atoms with Gasteiger partial charge in [-0.3, -0.25) is 9.98 Å². The summed E-state index contributed by atoms with van der Waals surface area (Å²) in [6, 6.07) is 4.70. The fraction of sp³-hybridized carbons (Fsp3) is 0.471. The third-order valence-electron chi connectivity index (χ3n) is 5.04. The Labute approximate surface area is 134 Å². The zero-order valence-electron chi connectivity index (χ0n) is 12.6. The summed E-state index contributed by atoms with van der Waals surface area (Å²) in [5.41, 5.74) is 2.27. The topological polar surface area (TPSA) is 40.9 Å². The van der Waals surface area contributed by atoms with Crippen LogP contribution in [0.2, 0.25) is 0 Å². The number of pyridine rings is 1. The monoisotopic (exact) mass is 310 g/mol. The molecule has 0 N–H and O–H groups in total. The Morgan fingerprint density at radius 3 is 2.91 bits per heavy atom. The molecule has 4 aliphatic rings. The Morgan fingerprint density at radius 1 is 1.27 bits per heavy atom. The van der Waals surface area contributed by atoms with E-state index >= 15 is 0 Å². The minimum atomic E-state index is 0.161. The molecule has 1 aromatic heterocycles. The summed E-state index contributed by atoms with van der Waals surface area (Å²) in [4.78, 5) is 16.4. The highest BCUT2D eigenvalue weighted by Gasteiger charge is 2.68. The Kier molecular flexibility index (Phi) is 2.60. The van der Waals surface area contributed by atoms with E-state index in [1.165, 1.54) is 12.8 Å². The number of rotatable bonds is 2. The van der Waals surface area contributed by atoms with Gasteiger partial charge in [-0.1, -0.05) is 11.8 Å². The van der Waals surface area contributed by atoms with E-state index < -0.39 is 0 Å². The van der Waals surface area contributed by atoms with Crippen molar-refractivity contribution in [1.82, 2.24) is 4.98 Å². The molecule has 5 rings (SSSR count). The van der Waals surface area contributed by atoms with Gasteiger partial charge in [-0.05, 0) is 38.0 Å². The zero-order valence-corrected chi connectivity index (χ0v) is 13.4. The Bertz CT molecular complexity index is 715. The third kappa shape index (κ3) is 1.75. The molecule has 22 heavy (non-hydrogen) atoms. The van der Waals surface area contributed by atoms with Crippen LogP contribution in [-0.2, 0) is 0 Å². The lowest BCUT2D eigenvalue weighted by Crippen LogP contribution is -2.19. The summed E-state index contributed by atoms with van der Waals surface area (Å²) in [6.07, 6.45) is 8.94. The standard InChI is InChI=1S/C17H18N4S/c1-11-8-17-13(10-18-11)15(17)20-16(22-17)12-4-5-14(19-9-12)21-6-2-3-7-21/h4-5,8-10,13,15H,2-3,6-7H2,1H3. The molecule has 1 saturated heterocycles. The maximum absolute atomic E-state index is 4.92. The van der Waals surface area contributed by atoms with Crippen LogP contribution in [0.5, 0.6) is 0 Å². The first-order valence-corrected chi connectivity index (χ1v) is 8.80. The van der Waals surface area contributed by atoms with E-state index in [1.807, 2.05) is 18.0 Å². The van der Waals surface area contributed by atoms with Crippen molar-refractivity contribution in [3.05, 3.63) is 35.7 Å². The van der Waals surface area contributed by atoms with Crippen molar-refractivity contribution in [2.75, 3.05) is 18.0 Å². The Hall–Kier alpha value is -1.62. The quantitative estimate of drug-likeness (QED) is 0.843. The second-order valence-corrected chi connectivity index (χ2v) is 7.82. The van der Waals surface area contributed by atoms with Gasteiger partial charge in [0.15, 0.2) is 0 Å². The first kappa shape index (κ1) is 12.9. The van der Waals surface area contributed by atoms with Crippen LogP contribution in [0, 0.1) is 5.92 Å². The van der Waals surface area contributed by atoms with Crippen molar-refractivity contribution in [2.45, 2.75) is 30.6 Å². The van der Waals surface area contributed by atoms with Gasteiger partial charge >= 0.3 is 0 Å². The van der Waals surface area contributed by atoms with Gasteiger partial charge in [0.1, 0.15) is 10.9 Å². The summed E-state index contributed by atoms with van der Waals surface area (Å²) in [5, 5.41) is 1.14. The van der Waals surface area contributed by atoms with Crippen LogP contribution in [-0.4, -0.2) is 40.1 Å². The number of fused-ring (bicyclic) bond motifs is 1. The summed E-state index contributed by atoms with van der Waals surface area (Å²) < 4.78 is 0.161. The molecule has 0 radical (unpaired) electrons. The molecule has 0 amide bonds. The van der Waals surface area contributed by atoms with Gasteiger partial charge in [0, 0.05) is 42.7 Å². The highest BCUT2D eigenvalue weighted by atomic mass is 32.2. The summed E-state index contributed by atoms with van der Waals surface area (Å²) >= 11 is 1.89. The van der Waals surface area contributed by atoms with Gasteiger partial charge in [0.2, 0.25) is 0 Å². The molecule has 3 aliphatic heterocycles. The molecule has 4 nitrogen and oxygen atoms in total. The van der Waals surface area contributed by atoms with Crippen LogP contribution in [0.15, 0.2) is 40.1 Å². The maximum atomic E-state index is 4.92. The average molecular weight is 310 g/mol. The lowest BCUT2D eigenvalue weighted by molar-refractivity contribution is 0.937. The van der Waals surface area contributed by atoms with Crippen LogP contribution in [0.25, 0.3) is 0 Å². The molecular formula is C17H18N4S. The normalized spacial score (nSPS) is 35.0. The number of aromatic nitrogens is 1. The molecule has 0 bridgehead atoms. The molecule has 2 fully saturated rings. The molecule has 3 atom stereocenters. The summed E-state index contributed by atoms with van der Waals surface area (Å²) in [7, 11) is 0. The van der Waals surface area contributed by atoms with Crippen LogP contribution < -0.4 is 4.90 Å². The fourth-order valence-corrected chi connectivity index (χ4v) is 5.32. The number of allylic oxidation sites excluding steroid dienone is 1. The molecule has 1 saturated carbocycles. The summed E-state index contributed by atoms with van der Waals surface area (Å²) in [5.74, 6) is 1.60. The highest BCUT2D eigenvalue weighted by molar-refractivity contribution is 8.16. The second-order valence-electron chi connectivity index (χ2n) is 6.52. The number of thioether (sulfide) groups is 1. The fourth-order valence-electron chi connectivity index (χ4n) is 3.77. The van der Waals surface area contributed by atoms with E-state index in [1.54, 1.807) is 0 Å². The van der Waals surface area contributed by atoms with Crippen molar-refractivity contribution >= 4 is 28.8 Å². The number of hydrogen-bond donors (Lipinski definition) is 0. The van der Waals surface area contributed by atoms with Crippen LogP contribution in [0.3, 0.4) is 0 Å². The zero-order chi connectivity index (χ0) is 14.7. The molecule has 5 heteroatoms. The molecule has 0 aromatic carbocycles. The van der Waals surface area contributed by atoms with E-state index in [4.69, 9.17) is 4.99 Å². The molecule has 4 heterocycles. The minimum Gasteiger partial charge on any atom is -0.357 e. The largest absolute Gasteiger partial charge is 0.357 e. The maximum Gasteiger partial charge on any atom is 0.128 e. The molecule has 112 valence electrons. The number of anilines is 1. The Morgan fingerprint density at radius 2 is 2.14 bits per heavy atom. The molecule has 1 aromatic rings. The van der Waals surface area contributed by atoms with Crippen molar-refractivity contribution in [3.8, 4) is 0 Å². The first-order chi connectivity index (χ1) is 10.8. The first-order valence-electron chi connectivity index (χ1n) is 7.98. The van der Waals surface area contributed by atoms with E-state index in [9.17, 15) is 0 Å². The van der Waals surface area contributed by atoms with Gasteiger partial charge in [0.05, 0.1) is 10.8 Å².